The van der Waals surface area contributed by atoms with Crippen LogP contribution in [0.5, 0.6) is 0 Å². The van der Waals surface area contributed by atoms with Crippen molar-refractivity contribution in [1.29, 1.82) is 5.26 Å². The summed E-state index contributed by atoms with van der Waals surface area (Å²) in [5, 5.41) is 14.4. The molecular formula is C14H18FN3O. The summed E-state index contributed by atoms with van der Waals surface area (Å²) < 4.78 is 13.5. The predicted molar refractivity (Wildman–Crippen MR) is 70.7 cm³/mol. The van der Waals surface area contributed by atoms with Crippen molar-refractivity contribution in [3.05, 3.63) is 35.1 Å². The maximum absolute atomic E-state index is 13.5. The normalized spacial score (nSPS) is 10.9. The zero-order chi connectivity index (χ0) is 14.5. The maximum Gasteiger partial charge on any atom is 0.234 e. The Balaban J connectivity index is 2.50. The van der Waals surface area contributed by atoms with E-state index >= 15 is 0 Å². The Morgan fingerprint density at radius 1 is 1.42 bits per heavy atom. The molecule has 0 bridgehead atoms. The van der Waals surface area contributed by atoms with Crippen LogP contribution in [0.1, 0.15) is 31.9 Å². The third kappa shape index (κ3) is 5.49. The first-order valence-electron chi connectivity index (χ1n) is 6.02. The average Bonchev–Trinajstić information content (AvgIpc) is 2.29. The van der Waals surface area contributed by atoms with Gasteiger partial charge in [0.05, 0.1) is 18.2 Å². The molecule has 2 N–H and O–H groups in total. The van der Waals surface area contributed by atoms with Gasteiger partial charge < -0.3 is 10.6 Å². The lowest BCUT2D eigenvalue weighted by Gasteiger charge is -2.20. The van der Waals surface area contributed by atoms with E-state index in [-0.39, 0.29) is 30.4 Å². The minimum atomic E-state index is -0.386. The molecule has 4 nitrogen and oxygen atoms in total. The second-order valence-corrected chi connectivity index (χ2v) is 5.32. The zero-order valence-electron chi connectivity index (χ0n) is 11.4. The van der Waals surface area contributed by atoms with E-state index in [1.54, 1.807) is 0 Å². The smallest absolute Gasteiger partial charge is 0.234 e. The Morgan fingerprint density at radius 2 is 2.11 bits per heavy atom. The van der Waals surface area contributed by atoms with Gasteiger partial charge in [0.15, 0.2) is 0 Å². The summed E-state index contributed by atoms with van der Waals surface area (Å²) in [6.07, 6.45) is 0. The van der Waals surface area contributed by atoms with Crippen molar-refractivity contribution in [2.75, 3.05) is 6.54 Å². The average molecular weight is 263 g/mol. The molecule has 1 aromatic carbocycles. The van der Waals surface area contributed by atoms with E-state index in [2.05, 4.69) is 10.6 Å². The highest BCUT2D eigenvalue weighted by Crippen LogP contribution is 2.09. The Labute approximate surface area is 112 Å². The van der Waals surface area contributed by atoms with Crippen LogP contribution in [0.25, 0.3) is 0 Å². The van der Waals surface area contributed by atoms with Crippen LogP contribution < -0.4 is 10.6 Å². The first-order valence-corrected chi connectivity index (χ1v) is 6.02. The van der Waals surface area contributed by atoms with E-state index in [0.717, 1.165) is 0 Å². The monoisotopic (exact) mass is 263 g/mol. The molecule has 0 atom stereocenters. The van der Waals surface area contributed by atoms with Gasteiger partial charge in [0.2, 0.25) is 5.91 Å². The highest BCUT2D eigenvalue weighted by atomic mass is 19.1. The van der Waals surface area contributed by atoms with Gasteiger partial charge in [-0.25, -0.2) is 4.39 Å². The molecule has 1 aromatic rings. The molecule has 0 aliphatic carbocycles. The van der Waals surface area contributed by atoms with Gasteiger partial charge in [-0.05, 0) is 39.0 Å². The number of rotatable bonds is 4. The van der Waals surface area contributed by atoms with E-state index in [0.29, 0.717) is 11.1 Å². The summed E-state index contributed by atoms with van der Waals surface area (Å²) in [6.45, 7) is 5.98. The molecule has 1 rings (SSSR count). The van der Waals surface area contributed by atoms with Gasteiger partial charge in [-0.1, -0.05) is 0 Å². The predicted octanol–water partition coefficient (Wildman–Crippen LogP) is 1.70. The lowest BCUT2D eigenvalue weighted by molar-refractivity contribution is -0.121. The Kier molecular flexibility index (Phi) is 5.02. The summed E-state index contributed by atoms with van der Waals surface area (Å²) in [6, 6.07) is 6.10. The second kappa shape index (κ2) is 6.30. The number of nitriles is 1. The van der Waals surface area contributed by atoms with Gasteiger partial charge in [0.25, 0.3) is 0 Å². The van der Waals surface area contributed by atoms with Gasteiger partial charge >= 0.3 is 0 Å². The SMILES string of the molecule is CC(C)(C)NC(=O)CNCc1cc(C#N)ccc1F. The quantitative estimate of drug-likeness (QED) is 0.869. The molecule has 102 valence electrons. The number of halogens is 1. The highest BCUT2D eigenvalue weighted by molar-refractivity contribution is 5.78. The molecule has 0 spiro atoms. The summed E-state index contributed by atoms with van der Waals surface area (Å²) in [5.74, 6) is -0.535. The van der Waals surface area contributed by atoms with E-state index in [1.165, 1.54) is 18.2 Å². The summed E-state index contributed by atoms with van der Waals surface area (Å²) >= 11 is 0. The fourth-order valence-corrected chi connectivity index (χ4v) is 1.55. The fraction of sp³-hybridized carbons (Fsp3) is 0.429. The van der Waals surface area contributed by atoms with Gasteiger partial charge in [-0.15, -0.1) is 0 Å². The van der Waals surface area contributed by atoms with E-state index in [9.17, 15) is 9.18 Å². The van der Waals surface area contributed by atoms with Crippen molar-refractivity contribution in [2.24, 2.45) is 0 Å². The zero-order valence-corrected chi connectivity index (χ0v) is 11.4. The van der Waals surface area contributed by atoms with Crippen LogP contribution in [0.15, 0.2) is 18.2 Å². The second-order valence-electron chi connectivity index (χ2n) is 5.32. The third-order valence-corrected chi connectivity index (χ3v) is 2.29. The van der Waals surface area contributed by atoms with Crippen molar-refractivity contribution < 1.29 is 9.18 Å². The van der Waals surface area contributed by atoms with Crippen molar-refractivity contribution >= 4 is 5.91 Å². The van der Waals surface area contributed by atoms with E-state index in [1.807, 2.05) is 26.8 Å². The van der Waals surface area contributed by atoms with Crippen molar-refractivity contribution in [1.82, 2.24) is 10.6 Å². The van der Waals surface area contributed by atoms with Crippen LogP contribution >= 0.6 is 0 Å². The lowest BCUT2D eigenvalue weighted by atomic mass is 10.1. The molecule has 0 aliphatic rings. The van der Waals surface area contributed by atoms with Crippen LogP contribution in [0.2, 0.25) is 0 Å². The number of carbonyl (C=O) groups excluding carboxylic acids is 1. The summed E-state index contributed by atoms with van der Waals surface area (Å²) in [7, 11) is 0. The Hall–Kier alpha value is -1.93. The van der Waals surface area contributed by atoms with Gasteiger partial charge in [0.1, 0.15) is 5.82 Å². The van der Waals surface area contributed by atoms with E-state index < -0.39 is 0 Å². The largest absolute Gasteiger partial charge is 0.350 e. The van der Waals surface area contributed by atoms with Crippen molar-refractivity contribution in [3.63, 3.8) is 0 Å². The summed E-state index contributed by atoms with van der Waals surface area (Å²) in [5.41, 5.74) is 0.491. The number of hydrogen-bond acceptors (Lipinski definition) is 3. The molecule has 0 fully saturated rings. The van der Waals surface area contributed by atoms with Crippen LogP contribution in [0.4, 0.5) is 4.39 Å². The van der Waals surface area contributed by atoms with Crippen LogP contribution in [0.3, 0.4) is 0 Å². The van der Waals surface area contributed by atoms with Gasteiger partial charge in [-0.3, -0.25) is 4.79 Å². The van der Waals surface area contributed by atoms with Gasteiger partial charge in [0, 0.05) is 17.6 Å². The van der Waals surface area contributed by atoms with Gasteiger partial charge in [-0.2, -0.15) is 5.26 Å². The fourth-order valence-electron chi connectivity index (χ4n) is 1.55. The third-order valence-electron chi connectivity index (χ3n) is 2.29. The van der Waals surface area contributed by atoms with Crippen LogP contribution in [-0.4, -0.2) is 18.0 Å². The van der Waals surface area contributed by atoms with Crippen LogP contribution in [0, 0.1) is 17.1 Å². The molecule has 0 aliphatic heterocycles. The molecule has 0 unspecified atom stereocenters. The van der Waals surface area contributed by atoms with E-state index in [4.69, 9.17) is 5.26 Å². The van der Waals surface area contributed by atoms with Crippen molar-refractivity contribution in [2.45, 2.75) is 32.9 Å². The Morgan fingerprint density at radius 3 is 2.68 bits per heavy atom. The molecule has 0 saturated heterocycles. The minimum absolute atomic E-state index is 0.105. The number of benzene rings is 1. The molecule has 0 radical (unpaired) electrons. The van der Waals surface area contributed by atoms with Crippen molar-refractivity contribution in [3.8, 4) is 6.07 Å². The molecule has 19 heavy (non-hydrogen) atoms. The first-order chi connectivity index (χ1) is 8.81. The molecular weight excluding hydrogens is 245 g/mol. The molecule has 0 saturated carbocycles. The standard InChI is InChI=1S/C14H18FN3O/c1-14(2,3)18-13(19)9-17-8-11-6-10(7-16)4-5-12(11)15/h4-6,17H,8-9H2,1-3H3,(H,18,19). The number of amides is 1. The van der Waals surface area contributed by atoms with Crippen LogP contribution in [-0.2, 0) is 11.3 Å². The number of carbonyl (C=O) groups is 1. The number of nitrogens with one attached hydrogen (secondary N) is 2. The number of nitrogens with zero attached hydrogens (tertiary/aromatic N) is 1. The Bertz CT molecular complexity index is 500. The molecule has 1 amide bonds. The summed E-state index contributed by atoms with van der Waals surface area (Å²) in [4.78, 5) is 11.5. The minimum Gasteiger partial charge on any atom is -0.350 e. The molecule has 5 heteroatoms. The lowest BCUT2D eigenvalue weighted by Crippen LogP contribution is -2.44. The molecule has 0 heterocycles. The molecule has 0 aromatic heterocycles. The number of hydrogen-bond donors (Lipinski definition) is 2. The highest BCUT2D eigenvalue weighted by Gasteiger charge is 2.13. The first kappa shape index (κ1) is 15.1. The topological polar surface area (TPSA) is 64.9 Å². The maximum atomic E-state index is 13.5.